The lowest BCUT2D eigenvalue weighted by atomic mass is 10.1. The van der Waals surface area contributed by atoms with Crippen LogP contribution in [0, 0.1) is 0 Å². The van der Waals surface area contributed by atoms with Gasteiger partial charge in [-0.3, -0.25) is 10.0 Å². The average molecular weight is 435 g/mol. The number of benzene rings is 2. The molecule has 0 spiro atoms. The first kappa shape index (κ1) is 18.1. The molecule has 33 heavy (non-hydrogen) atoms. The molecule has 0 aliphatic carbocycles. The molecular weight excluding hydrogens is 414 g/mol. The van der Waals surface area contributed by atoms with Gasteiger partial charge in [0.25, 0.3) is 0 Å². The molecule has 0 unspecified atom stereocenters. The van der Waals surface area contributed by atoms with E-state index in [1.807, 2.05) is 18.7 Å². The molecule has 2 aromatic carbocycles. The molecule has 3 aromatic heterocycles. The molecule has 9 nitrogen and oxygen atoms in total. The average Bonchev–Trinajstić information content (AvgIpc) is 3.68. The van der Waals surface area contributed by atoms with Crippen LogP contribution in [0.5, 0.6) is 0 Å². The van der Waals surface area contributed by atoms with Crippen molar-refractivity contribution in [1.82, 2.24) is 30.0 Å². The Balaban J connectivity index is 1.56. The Morgan fingerprint density at radius 3 is 2.76 bits per heavy atom. The molecule has 0 atom stereocenters. The molecule has 0 fully saturated rings. The molecule has 0 radical (unpaired) electrons. The minimum atomic E-state index is 0.765. The lowest BCUT2D eigenvalue weighted by Gasteiger charge is -2.27. The Bertz CT molecular complexity index is 1530. The topological polar surface area (TPSA) is 82.3 Å². The third-order valence-corrected chi connectivity index (χ3v) is 6.28. The van der Waals surface area contributed by atoms with Crippen molar-refractivity contribution in [3.8, 4) is 11.6 Å². The predicted molar refractivity (Wildman–Crippen MR) is 130 cm³/mol. The summed E-state index contributed by atoms with van der Waals surface area (Å²) in [6, 6.07) is 14.9. The maximum atomic E-state index is 4.45. The Hall–Kier alpha value is -4.53. The first-order valence-electron chi connectivity index (χ1n) is 11.0. The maximum Gasteiger partial charge on any atom is 0.145 e. The summed E-state index contributed by atoms with van der Waals surface area (Å²) in [5.41, 5.74) is 6.71. The zero-order chi connectivity index (χ0) is 21.8. The molecule has 5 heterocycles. The third kappa shape index (κ3) is 2.68. The summed E-state index contributed by atoms with van der Waals surface area (Å²) in [6.45, 7) is 2.42. The molecule has 162 valence electrons. The van der Waals surface area contributed by atoms with Gasteiger partial charge in [0.15, 0.2) is 0 Å². The van der Waals surface area contributed by atoms with E-state index in [1.165, 1.54) is 5.39 Å². The zero-order valence-electron chi connectivity index (χ0n) is 17.8. The van der Waals surface area contributed by atoms with Gasteiger partial charge in [-0.1, -0.05) is 23.4 Å². The number of rotatable bonds is 4. The van der Waals surface area contributed by atoms with Gasteiger partial charge in [0.1, 0.15) is 11.6 Å². The molecular formula is C24H21N9. The molecule has 0 saturated carbocycles. The molecule has 0 saturated heterocycles. The van der Waals surface area contributed by atoms with Crippen LogP contribution in [-0.4, -0.2) is 50.5 Å². The molecule has 2 aliphatic heterocycles. The van der Waals surface area contributed by atoms with Gasteiger partial charge in [-0.2, -0.15) is 0 Å². The minimum absolute atomic E-state index is 0.765. The second-order valence-electron chi connectivity index (χ2n) is 8.13. The standard InChI is InChI=1S/C24H21N9/c1-2-5-19-17(4-1)8-13-31(19)23-18-6-7-20(30-14-10-25-16-30)22(32-12-3-9-27-32)21(18)24(28-23)33-15-11-26-29-33/h1-9,11,13,15-16,27-28H,10,12,14H2. The minimum Gasteiger partial charge on any atom is -0.329 e. The summed E-state index contributed by atoms with van der Waals surface area (Å²) in [7, 11) is 0. The van der Waals surface area contributed by atoms with Crippen LogP contribution >= 0.6 is 0 Å². The SMILES string of the molecule is C1=CNN(c2c(N3C=NCC3)ccc3c(-n4ccc5ccccc54)[nH]c(-n4ccnn4)c23)C1. The fourth-order valence-electron chi connectivity index (χ4n) is 4.80. The highest BCUT2D eigenvalue weighted by Gasteiger charge is 2.26. The van der Waals surface area contributed by atoms with Crippen molar-refractivity contribution >= 4 is 39.4 Å². The van der Waals surface area contributed by atoms with Gasteiger partial charge in [-0.05, 0) is 35.7 Å². The number of hydrogen-bond acceptors (Lipinski definition) is 6. The van der Waals surface area contributed by atoms with Gasteiger partial charge in [0.2, 0.25) is 0 Å². The first-order chi connectivity index (χ1) is 16.4. The molecule has 7 rings (SSSR count). The number of fused-ring (bicyclic) bond motifs is 2. The van der Waals surface area contributed by atoms with E-state index in [-0.39, 0.29) is 0 Å². The van der Waals surface area contributed by atoms with Crippen molar-refractivity contribution in [2.75, 3.05) is 29.5 Å². The number of aromatic amines is 1. The van der Waals surface area contributed by atoms with Gasteiger partial charge in [0.05, 0.1) is 54.1 Å². The van der Waals surface area contributed by atoms with E-state index in [0.29, 0.717) is 0 Å². The summed E-state index contributed by atoms with van der Waals surface area (Å²) in [5, 5.41) is 13.9. The van der Waals surface area contributed by atoms with Gasteiger partial charge >= 0.3 is 0 Å². The molecule has 0 amide bonds. The van der Waals surface area contributed by atoms with Crippen LogP contribution in [0.15, 0.2) is 78.3 Å². The van der Waals surface area contributed by atoms with Crippen molar-refractivity contribution < 1.29 is 0 Å². The molecule has 2 N–H and O–H groups in total. The van der Waals surface area contributed by atoms with Crippen LogP contribution in [0.2, 0.25) is 0 Å². The quantitative estimate of drug-likeness (QED) is 0.452. The van der Waals surface area contributed by atoms with Gasteiger partial charge in [-0.25, -0.2) is 4.68 Å². The number of para-hydroxylation sites is 1. The summed E-state index contributed by atoms with van der Waals surface area (Å²) in [6.07, 6.45) is 11.7. The number of nitrogens with zero attached hydrogens (tertiary/aromatic N) is 7. The number of H-pyrrole nitrogens is 1. The summed E-state index contributed by atoms with van der Waals surface area (Å²) in [4.78, 5) is 10.3. The van der Waals surface area contributed by atoms with E-state index in [0.717, 1.165) is 58.9 Å². The second-order valence-corrected chi connectivity index (χ2v) is 8.13. The normalized spacial score (nSPS) is 15.4. The molecule has 9 heteroatoms. The smallest absolute Gasteiger partial charge is 0.145 e. The number of aliphatic imine (C=N–C) groups is 1. The number of nitrogens with one attached hydrogen (secondary N) is 2. The lowest BCUT2D eigenvalue weighted by molar-refractivity contribution is 0.786. The van der Waals surface area contributed by atoms with Crippen molar-refractivity contribution in [2.24, 2.45) is 4.99 Å². The van der Waals surface area contributed by atoms with Crippen LogP contribution in [0.3, 0.4) is 0 Å². The summed E-state index contributed by atoms with van der Waals surface area (Å²) in [5.74, 6) is 1.86. The Labute approximate surface area is 189 Å². The van der Waals surface area contributed by atoms with E-state index in [2.05, 4.69) is 94.9 Å². The summed E-state index contributed by atoms with van der Waals surface area (Å²) >= 11 is 0. The van der Waals surface area contributed by atoms with E-state index >= 15 is 0 Å². The van der Waals surface area contributed by atoms with Crippen molar-refractivity contribution in [2.45, 2.75) is 0 Å². The van der Waals surface area contributed by atoms with Gasteiger partial charge in [0, 0.05) is 24.3 Å². The molecule has 0 bridgehead atoms. The van der Waals surface area contributed by atoms with Crippen molar-refractivity contribution in [3.63, 3.8) is 0 Å². The monoisotopic (exact) mass is 435 g/mol. The zero-order valence-corrected chi connectivity index (χ0v) is 17.8. The van der Waals surface area contributed by atoms with E-state index in [1.54, 1.807) is 10.9 Å². The van der Waals surface area contributed by atoms with Crippen LogP contribution in [0.25, 0.3) is 33.3 Å². The molecule has 2 aliphatic rings. The fraction of sp³-hybridized carbons (Fsp3) is 0.125. The third-order valence-electron chi connectivity index (χ3n) is 6.28. The van der Waals surface area contributed by atoms with Crippen LogP contribution < -0.4 is 15.3 Å². The van der Waals surface area contributed by atoms with Gasteiger partial charge < -0.3 is 19.9 Å². The van der Waals surface area contributed by atoms with Crippen molar-refractivity contribution in [3.05, 3.63) is 73.3 Å². The predicted octanol–water partition coefficient (Wildman–Crippen LogP) is 3.38. The van der Waals surface area contributed by atoms with Crippen molar-refractivity contribution in [1.29, 1.82) is 0 Å². The molecule has 5 aromatic rings. The number of anilines is 2. The lowest BCUT2D eigenvalue weighted by Crippen LogP contribution is -2.32. The summed E-state index contributed by atoms with van der Waals surface area (Å²) < 4.78 is 4.00. The fourth-order valence-corrected chi connectivity index (χ4v) is 4.80. The van der Waals surface area contributed by atoms with E-state index < -0.39 is 0 Å². The Morgan fingerprint density at radius 1 is 0.970 bits per heavy atom. The van der Waals surface area contributed by atoms with E-state index in [4.69, 9.17) is 0 Å². The van der Waals surface area contributed by atoms with E-state index in [9.17, 15) is 0 Å². The van der Waals surface area contributed by atoms with Crippen LogP contribution in [0.4, 0.5) is 11.4 Å². The van der Waals surface area contributed by atoms with Gasteiger partial charge in [-0.15, -0.1) is 5.10 Å². The first-order valence-corrected chi connectivity index (χ1v) is 11.0. The highest BCUT2D eigenvalue weighted by Crippen LogP contribution is 2.43. The Kier molecular flexibility index (Phi) is 3.83. The number of aromatic nitrogens is 5. The highest BCUT2D eigenvalue weighted by atomic mass is 15.5. The van der Waals surface area contributed by atoms with Crippen LogP contribution in [-0.2, 0) is 0 Å². The number of hydrogen-bond donors (Lipinski definition) is 2. The van der Waals surface area contributed by atoms with Crippen LogP contribution in [0.1, 0.15) is 0 Å². The largest absolute Gasteiger partial charge is 0.329 e. The second kappa shape index (κ2) is 6.99. The Morgan fingerprint density at radius 2 is 1.94 bits per heavy atom. The number of hydrazine groups is 1. The highest BCUT2D eigenvalue weighted by molar-refractivity contribution is 6.11. The maximum absolute atomic E-state index is 4.45.